The standard InChI is InChI=1S/C97H98N2OSi/c1-91(2,3)63-37-39-68(40-38-63)97(69-49-59-76(60-50-69)101(18,74-55-45-66(46-56-74)94(10,11)12)75-57-47-67(48-58-75)95(13,14)15)80-61-82(98(70-29-21-19-22-30-70)72-51-41-64(42-52-72)92(4,5)6)85-77-33-25-27-35-79(77)96(16,17)89(85)87(80)88-81(97)62-83(86-78-34-26-28-36-84(78)100-90(86)88)99(71-31-23-20-24-32-71)73-53-43-65(44-54-73)93(7,8)9/h19-62H,1-18H3. The minimum Gasteiger partial charge on any atom is -0.455 e. The van der Waals surface area contributed by atoms with E-state index in [-0.39, 0.29) is 27.1 Å². The molecule has 1 unspecified atom stereocenters. The van der Waals surface area contributed by atoms with Gasteiger partial charge in [0.25, 0.3) is 0 Å². The summed E-state index contributed by atoms with van der Waals surface area (Å²) >= 11 is 0. The average Bonchev–Trinajstić information content (AvgIpc) is 1.49. The van der Waals surface area contributed by atoms with Gasteiger partial charge in [-0.05, 0) is 182 Å². The highest BCUT2D eigenvalue weighted by Gasteiger charge is 2.54. The number of hydrogen-bond acceptors (Lipinski definition) is 3. The molecular weight excluding hydrogens is 1240 g/mol. The maximum absolute atomic E-state index is 7.86. The van der Waals surface area contributed by atoms with Gasteiger partial charge in [-0.25, -0.2) is 0 Å². The van der Waals surface area contributed by atoms with Crippen LogP contribution in [0.5, 0.6) is 0 Å². The number of benzene rings is 12. The fourth-order valence-electron chi connectivity index (χ4n) is 16.8. The van der Waals surface area contributed by atoms with Crippen molar-refractivity contribution >= 4 is 79.7 Å². The quantitative estimate of drug-likeness (QED) is 0.0950. The summed E-state index contributed by atoms with van der Waals surface area (Å²) in [6, 6.07) is 103. The number of rotatable bonds is 11. The molecule has 1 aromatic heterocycles. The Morgan fingerprint density at radius 2 is 0.673 bits per heavy atom. The maximum Gasteiger partial charge on any atom is 0.145 e. The molecule has 1 heterocycles. The normalized spacial score (nSPS) is 15.1. The molecule has 1 atom stereocenters. The molecule has 0 amide bonds. The topological polar surface area (TPSA) is 19.6 Å². The van der Waals surface area contributed by atoms with Crippen LogP contribution in [0.15, 0.2) is 271 Å². The Labute approximate surface area is 602 Å². The lowest BCUT2D eigenvalue weighted by molar-refractivity contribution is 0.589. The zero-order valence-corrected chi connectivity index (χ0v) is 63.7. The number of nitrogens with zero attached hydrogens (tertiary/aromatic N) is 2. The van der Waals surface area contributed by atoms with Gasteiger partial charge in [0.1, 0.15) is 19.2 Å². The molecule has 0 aliphatic heterocycles. The highest BCUT2D eigenvalue weighted by Crippen LogP contribution is 2.68. The van der Waals surface area contributed by atoms with Gasteiger partial charge in [0.2, 0.25) is 0 Å². The lowest BCUT2D eigenvalue weighted by Crippen LogP contribution is -2.64. The molecule has 101 heavy (non-hydrogen) atoms. The van der Waals surface area contributed by atoms with Crippen LogP contribution < -0.4 is 25.4 Å². The lowest BCUT2D eigenvalue weighted by atomic mass is 9.66. The Morgan fingerprint density at radius 1 is 0.327 bits per heavy atom. The van der Waals surface area contributed by atoms with E-state index >= 15 is 0 Å². The zero-order chi connectivity index (χ0) is 71.1. The third-order valence-electron chi connectivity index (χ3n) is 22.7. The van der Waals surface area contributed by atoms with Crippen molar-refractivity contribution in [3.8, 4) is 22.3 Å². The number of hydrogen-bond donors (Lipinski definition) is 0. The highest BCUT2D eigenvalue weighted by atomic mass is 28.3. The molecule has 2 aliphatic rings. The molecule has 4 heteroatoms. The predicted octanol–water partition coefficient (Wildman–Crippen LogP) is 24.8. The van der Waals surface area contributed by atoms with Crippen molar-refractivity contribution in [2.24, 2.45) is 0 Å². The van der Waals surface area contributed by atoms with Crippen molar-refractivity contribution in [1.29, 1.82) is 0 Å². The SMILES string of the molecule is CC(C)(C)c1ccc(N(c2ccccc2)c2cc3c(c4c2-c2ccccc2C4(C)C)-c2c(cc(N(c4ccccc4)c4ccc(C(C)(C)C)cc4)c4c2oc2ccccc24)C3(c2ccc(C(C)(C)C)cc2)c2ccc([Si](C)(c3ccc(C(C)(C)C)cc3)c3ccc(C(C)(C)C)cc3)cc2)cc1. The molecule has 0 N–H and O–H groups in total. The first-order valence-electron chi connectivity index (χ1n) is 36.6. The molecule has 13 aromatic rings. The minimum absolute atomic E-state index is 0.00950. The molecule has 0 spiro atoms. The van der Waals surface area contributed by atoms with Crippen LogP contribution in [0.1, 0.15) is 179 Å². The van der Waals surface area contributed by atoms with Crippen LogP contribution in [-0.2, 0) is 37.9 Å². The number of fused-ring (bicyclic) bond motifs is 11. The van der Waals surface area contributed by atoms with Crippen LogP contribution in [0, 0.1) is 0 Å². The zero-order valence-electron chi connectivity index (χ0n) is 62.7. The van der Waals surface area contributed by atoms with E-state index in [9.17, 15) is 0 Å². The molecule has 0 fully saturated rings. The van der Waals surface area contributed by atoms with Crippen LogP contribution in [0.4, 0.5) is 34.1 Å². The summed E-state index contributed by atoms with van der Waals surface area (Å²) in [6.45, 7) is 42.3. The predicted molar refractivity (Wildman–Crippen MR) is 435 cm³/mol. The first-order chi connectivity index (χ1) is 47.9. The van der Waals surface area contributed by atoms with Crippen molar-refractivity contribution in [2.75, 3.05) is 9.80 Å². The van der Waals surface area contributed by atoms with E-state index in [0.29, 0.717) is 0 Å². The van der Waals surface area contributed by atoms with Crippen molar-refractivity contribution in [1.82, 2.24) is 0 Å². The number of para-hydroxylation sites is 3. The Morgan fingerprint density at radius 3 is 1.13 bits per heavy atom. The van der Waals surface area contributed by atoms with E-state index < -0.39 is 18.9 Å². The molecular formula is C97H98N2OSi. The summed E-state index contributed by atoms with van der Waals surface area (Å²) in [4.78, 5) is 5.08. The monoisotopic (exact) mass is 1330 g/mol. The van der Waals surface area contributed by atoms with Gasteiger partial charge >= 0.3 is 0 Å². The summed E-state index contributed by atoms with van der Waals surface area (Å²) in [5.41, 5.74) is 25.4. The second-order valence-corrected chi connectivity index (χ2v) is 38.7. The molecule has 15 rings (SSSR count). The van der Waals surface area contributed by atoms with E-state index in [1.165, 1.54) is 93.4 Å². The second-order valence-electron chi connectivity index (χ2n) is 34.7. The van der Waals surface area contributed by atoms with Crippen molar-refractivity contribution in [3.05, 3.63) is 328 Å². The Hall–Kier alpha value is -9.74. The van der Waals surface area contributed by atoms with Crippen LogP contribution >= 0.6 is 0 Å². The van der Waals surface area contributed by atoms with E-state index in [2.05, 4.69) is 401 Å². The van der Waals surface area contributed by atoms with Crippen LogP contribution in [0.2, 0.25) is 6.55 Å². The third-order valence-corrected chi connectivity index (χ3v) is 27.2. The first kappa shape index (κ1) is 67.1. The smallest absolute Gasteiger partial charge is 0.145 e. The average molecular weight is 1340 g/mol. The molecule has 2 aliphatic carbocycles. The summed E-state index contributed by atoms with van der Waals surface area (Å²) < 4.78 is 7.86. The van der Waals surface area contributed by atoms with E-state index in [0.717, 1.165) is 61.6 Å². The molecule has 506 valence electrons. The Kier molecular flexibility index (Phi) is 15.9. The van der Waals surface area contributed by atoms with Gasteiger partial charge in [-0.1, -0.05) is 324 Å². The molecule has 0 saturated heterocycles. The molecule has 12 aromatic carbocycles. The first-order valence-corrected chi connectivity index (χ1v) is 39.1. The maximum atomic E-state index is 7.86. The summed E-state index contributed by atoms with van der Waals surface area (Å²) in [5.74, 6) is 0. The van der Waals surface area contributed by atoms with Crippen LogP contribution in [0.25, 0.3) is 44.2 Å². The highest BCUT2D eigenvalue weighted by molar-refractivity contribution is 7.10. The summed E-state index contributed by atoms with van der Waals surface area (Å²) in [6.07, 6.45) is 0. The van der Waals surface area contributed by atoms with Gasteiger partial charge in [-0.2, -0.15) is 0 Å². The fraction of sp³-hybridized carbons (Fsp3) is 0.258. The van der Waals surface area contributed by atoms with Gasteiger partial charge in [-0.15, -0.1) is 0 Å². The van der Waals surface area contributed by atoms with Gasteiger partial charge in [-0.3, -0.25) is 0 Å². The molecule has 0 saturated carbocycles. The van der Waals surface area contributed by atoms with Gasteiger partial charge in [0.05, 0.1) is 22.2 Å². The summed E-state index contributed by atoms with van der Waals surface area (Å²) in [5, 5.41) is 6.28. The fourth-order valence-corrected chi connectivity index (χ4v) is 20.3. The van der Waals surface area contributed by atoms with Gasteiger partial charge < -0.3 is 14.2 Å². The lowest BCUT2D eigenvalue weighted by Gasteiger charge is -2.38. The molecule has 0 radical (unpaired) electrons. The molecule has 3 nitrogen and oxygen atoms in total. The Bertz CT molecular complexity index is 5220. The van der Waals surface area contributed by atoms with E-state index in [1.807, 2.05) is 0 Å². The summed E-state index contributed by atoms with van der Waals surface area (Å²) in [7, 11) is -2.76. The van der Waals surface area contributed by atoms with Crippen LogP contribution in [-0.4, -0.2) is 8.07 Å². The van der Waals surface area contributed by atoms with Crippen molar-refractivity contribution in [3.63, 3.8) is 0 Å². The third kappa shape index (κ3) is 11.0. The van der Waals surface area contributed by atoms with Crippen LogP contribution in [0.3, 0.4) is 0 Å². The van der Waals surface area contributed by atoms with E-state index in [4.69, 9.17) is 4.42 Å². The number of furan rings is 1. The second kappa shape index (κ2) is 24.0. The van der Waals surface area contributed by atoms with Gasteiger partial charge in [0.15, 0.2) is 0 Å². The largest absolute Gasteiger partial charge is 0.455 e. The van der Waals surface area contributed by atoms with Gasteiger partial charge in [0, 0.05) is 44.7 Å². The van der Waals surface area contributed by atoms with Crippen molar-refractivity contribution < 1.29 is 4.42 Å². The van der Waals surface area contributed by atoms with E-state index in [1.54, 1.807) is 0 Å². The van der Waals surface area contributed by atoms with Crippen molar-refractivity contribution in [2.45, 2.75) is 162 Å². The minimum atomic E-state index is -2.76. The number of anilines is 6. The molecule has 0 bridgehead atoms. The Balaban J connectivity index is 1.13.